The van der Waals surface area contributed by atoms with Gasteiger partial charge < -0.3 is 9.47 Å². The van der Waals surface area contributed by atoms with Crippen molar-refractivity contribution in [2.75, 3.05) is 0 Å². The van der Waals surface area contributed by atoms with Crippen molar-refractivity contribution in [2.24, 2.45) is 0 Å². The third-order valence-electron chi connectivity index (χ3n) is 10.9. The number of hydrogen-bond acceptors (Lipinski definition) is 10. The molecule has 0 bridgehead atoms. The first-order valence-corrected chi connectivity index (χ1v) is 18.4. The second-order valence-corrected chi connectivity index (χ2v) is 14.1. The van der Waals surface area contributed by atoms with E-state index in [9.17, 15) is 19.2 Å². The molecule has 0 unspecified atom stereocenters. The molecule has 0 spiro atoms. The third-order valence-corrected chi connectivity index (χ3v) is 10.9. The van der Waals surface area contributed by atoms with Gasteiger partial charge in [-0.2, -0.15) is 0 Å². The van der Waals surface area contributed by atoms with Crippen molar-refractivity contribution < 1.29 is 28.7 Å². The van der Waals surface area contributed by atoms with Gasteiger partial charge >= 0.3 is 0 Å². The zero-order valence-corrected chi connectivity index (χ0v) is 30.2. The molecule has 0 atom stereocenters. The minimum Gasteiger partial charge on any atom is -0.457 e. The van der Waals surface area contributed by atoms with Gasteiger partial charge in [-0.05, 0) is 94.7 Å². The SMILES string of the molecule is O=C1c2ccc3c4c(Oc5ccncc5)cc5c6c(ccc(c7c(Oc8ccncc8)cc(c2c37)C(=O)N1Cc1ccncc1)c64)C(=O)N(Cc1ccncc1)C5=O. The van der Waals surface area contributed by atoms with Gasteiger partial charge in [-0.1, -0.05) is 12.1 Å². The van der Waals surface area contributed by atoms with Gasteiger partial charge in [0.2, 0.25) is 0 Å². The third kappa shape index (κ3) is 4.94. The first-order valence-electron chi connectivity index (χ1n) is 18.4. The van der Waals surface area contributed by atoms with Crippen LogP contribution in [0, 0.1) is 0 Å². The zero-order chi connectivity index (χ0) is 39.1. The van der Waals surface area contributed by atoms with E-state index >= 15 is 0 Å². The van der Waals surface area contributed by atoms with E-state index in [0.29, 0.717) is 77.2 Å². The van der Waals surface area contributed by atoms with Gasteiger partial charge in [0.1, 0.15) is 23.0 Å². The van der Waals surface area contributed by atoms with Gasteiger partial charge in [-0.25, -0.2) is 0 Å². The number of fused-ring (bicyclic) bond motifs is 2. The van der Waals surface area contributed by atoms with Crippen LogP contribution < -0.4 is 9.47 Å². The van der Waals surface area contributed by atoms with Crippen molar-refractivity contribution >= 4 is 66.7 Å². The summed E-state index contributed by atoms with van der Waals surface area (Å²) in [5, 5.41) is 4.62. The molecule has 58 heavy (non-hydrogen) atoms. The predicted molar refractivity (Wildman–Crippen MR) is 213 cm³/mol. The van der Waals surface area contributed by atoms with E-state index in [2.05, 4.69) is 19.9 Å². The molecule has 0 saturated heterocycles. The summed E-state index contributed by atoms with van der Waals surface area (Å²) in [6, 6.07) is 24.4. The number of benzene rings is 5. The summed E-state index contributed by atoms with van der Waals surface area (Å²) >= 11 is 0. The maximum Gasteiger partial charge on any atom is 0.261 e. The molecule has 0 saturated carbocycles. The Morgan fingerprint density at radius 1 is 0.379 bits per heavy atom. The summed E-state index contributed by atoms with van der Waals surface area (Å²) < 4.78 is 13.3. The van der Waals surface area contributed by atoms with Gasteiger partial charge in [-0.15, -0.1) is 0 Å². The Labute approximate surface area is 328 Å². The summed E-state index contributed by atoms with van der Waals surface area (Å²) in [6.45, 7) is 0.0893. The standard InChI is InChI=1S/C46H26N6O6/c53-43-31-3-1-29-39-35(57-27-9-17-49-18-10-27)21-34-38-32(44(54)52(46(34)56)24-26-7-15-48-16-8-26)4-2-30(42(38)39)40-36(58-28-11-19-50-20-12-28)22-33(37(31)41(29)40)45(55)51(43)23-25-5-13-47-14-6-25/h1-22H,23-24H2. The van der Waals surface area contributed by atoms with Crippen LogP contribution in [-0.4, -0.2) is 53.4 Å². The van der Waals surface area contributed by atoms with Crippen molar-refractivity contribution in [3.8, 4) is 23.0 Å². The number of carbonyl (C=O) groups excluding carboxylic acids is 4. The highest BCUT2D eigenvalue weighted by atomic mass is 16.5. The molecule has 4 aromatic heterocycles. The van der Waals surface area contributed by atoms with Crippen LogP contribution in [0.2, 0.25) is 0 Å². The summed E-state index contributed by atoms with van der Waals surface area (Å²) in [7, 11) is 0. The Balaban J connectivity index is 1.24. The van der Waals surface area contributed by atoms with Gasteiger partial charge in [0, 0.05) is 93.0 Å². The van der Waals surface area contributed by atoms with Gasteiger partial charge in [0.05, 0.1) is 24.2 Å². The minimum absolute atomic E-state index is 0.0447. The monoisotopic (exact) mass is 758 g/mol. The van der Waals surface area contributed by atoms with Crippen LogP contribution in [-0.2, 0) is 13.1 Å². The topological polar surface area (TPSA) is 145 Å². The van der Waals surface area contributed by atoms with Crippen molar-refractivity contribution in [2.45, 2.75) is 13.1 Å². The number of pyridine rings is 4. The van der Waals surface area contributed by atoms with Crippen LogP contribution in [0.5, 0.6) is 23.0 Å². The number of hydrogen-bond donors (Lipinski definition) is 0. The molecule has 276 valence electrons. The first-order chi connectivity index (χ1) is 28.4. The number of rotatable bonds is 8. The largest absolute Gasteiger partial charge is 0.457 e. The molecule has 2 aliphatic heterocycles. The van der Waals surface area contributed by atoms with Crippen molar-refractivity contribution in [3.05, 3.63) is 168 Å². The molecule has 5 aromatic carbocycles. The van der Waals surface area contributed by atoms with Crippen molar-refractivity contribution in [1.29, 1.82) is 0 Å². The lowest BCUT2D eigenvalue weighted by molar-refractivity contribution is 0.0583. The molecule has 4 amide bonds. The molecular weight excluding hydrogens is 733 g/mol. The van der Waals surface area contributed by atoms with Gasteiger partial charge in [0.25, 0.3) is 23.6 Å². The molecule has 2 aliphatic rings. The van der Waals surface area contributed by atoms with Crippen molar-refractivity contribution in [1.82, 2.24) is 29.7 Å². The molecule has 0 aliphatic carbocycles. The summed E-state index contributed by atoms with van der Waals surface area (Å²) in [5.41, 5.74) is 2.76. The molecule has 9 aromatic rings. The van der Waals surface area contributed by atoms with Crippen LogP contribution in [0.3, 0.4) is 0 Å². The Morgan fingerprint density at radius 2 is 0.724 bits per heavy atom. The summed E-state index contributed by atoms with van der Waals surface area (Å²) in [6.07, 6.45) is 12.9. The van der Waals surface area contributed by atoms with E-state index in [1.54, 1.807) is 122 Å². The Kier molecular flexibility index (Phi) is 7.29. The fraction of sp³-hybridized carbons (Fsp3) is 0.0435. The van der Waals surface area contributed by atoms with Crippen LogP contribution in [0.4, 0.5) is 0 Å². The van der Waals surface area contributed by atoms with Crippen LogP contribution >= 0.6 is 0 Å². The Hall–Kier alpha value is -8.12. The van der Waals surface area contributed by atoms with E-state index in [1.807, 2.05) is 12.1 Å². The molecule has 0 fully saturated rings. The molecule has 12 nitrogen and oxygen atoms in total. The summed E-state index contributed by atoms with van der Waals surface area (Å²) in [5.74, 6) is -0.219. The van der Waals surface area contributed by atoms with Crippen molar-refractivity contribution in [3.63, 3.8) is 0 Å². The van der Waals surface area contributed by atoms with Gasteiger partial charge in [-0.3, -0.25) is 48.9 Å². The van der Waals surface area contributed by atoms with E-state index in [4.69, 9.17) is 9.47 Å². The van der Waals surface area contributed by atoms with E-state index in [1.165, 1.54) is 9.80 Å². The Bertz CT molecular complexity index is 2980. The number of imide groups is 2. The molecule has 0 radical (unpaired) electrons. The Morgan fingerprint density at radius 3 is 1.10 bits per heavy atom. The van der Waals surface area contributed by atoms with Crippen LogP contribution in [0.15, 0.2) is 135 Å². The average Bonchev–Trinajstić information content (AvgIpc) is 3.26. The molecule has 11 rings (SSSR count). The van der Waals surface area contributed by atoms with E-state index in [-0.39, 0.29) is 24.2 Å². The maximum absolute atomic E-state index is 14.6. The van der Waals surface area contributed by atoms with Crippen LogP contribution in [0.1, 0.15) is 52.6 Å². The summed E-state index contributed by atoms with van der Waals surface area (Å²) in [4.78, 5) is 76.8. The second kappa shape index (κ2) is 12.7. The van der Waals surface area contributed by atoms with Gasteiger partial charge in [0.15, 0.2) is 0 Å². The number of amides is 4. The first kappa shape index (κ1) is 33.2. The number of aromatic nitrogens is 4. The highest BCUT2D eigenvalue weighted by Gasteiger charge is 2.39. The highest BCUT2D eigenvalue weighted by Crippen LogP contribution is 2.53. The fourth-order valence-corrected chi connectivity index (χ4v) is 8.35. The average molecular weight is 759 g/mol. The number of nitrogens with zero attached hydrogens (tertiary/aromatic N) is 6. The lowest BCUT2D eigenvalue weighted by atomic mass is 9.81. The smallest absolute Gasteiger partial charge is 0.261 e. The molecule has 0 N–H and O–H groups in total. The van der Waals surface area contributed by atoms with E-state index < -0.39 is 23.6 Å². The van der Waals surface area contributed by atoms with Crippen LogP contribution in [0.25, 0.3) is 43.1 Å². The van der Waals surface area contributed by atoms with E-state index in [0.717, 1.165) is 11.1 Å². The zero-order valence-electron chi connectivity index (χ0n) is 30.2. The molecule has 6 heterocycles. The fourth-order valence-electron chi connectivity index (χ4n) is 8.35. The lowest BCUT2D eigenvalue weighted by Crippen LogP contribution is -2.40. The highest BCUT2D eigenvalue weighted by molar-refractivity contribution is 6.43. The number of carbonyl (C=O) groups is 4. The quantitative estimate of drug-likeness (QED) is 0.0840. The minimum atomic E-state index is -0.479. The predicted octanol–water partition coefficient (Wildman–Crippen LogP) is 8.49. The number of ether oxygens (including phenoxy) is 2. The second-order valence-electron chi connectivity index (χ2n) is 14.1. The lowest BCUT2D eigenvalue weighted by Gasteiger charge is -2.31. The maximum atomic E-state index is 14.6. The molecule has 12 heteroatoms. The molecular formula is C46H26N6O6. The normalized spacial score (nSPS) is 13.7.